The number of fused-ring (bicyclic) bond motifs is 1. The number of nitrogens with zero attached hydrogens (tertiary/aromatic N) is 1. The van der Waals surface area contributed by atoms with Gasteiger partial charge in [0.15, 0.2) is 9.84 Å². The molecule has 4 rings (SSSR count). The molecule has 1 saturated heterocycles. The second-order valence-corrected chi connectivity index (χ2v) is 13.4. The highest BCUT2D eigenvalue weighted by molar-refractivity contribution is 7.92. The minimum absolute atomic E-state index is 0.0237. The summed E-state index contributed by atoms with van der Waals surface area (Å²) in [5.41, 5.74) is 5.80. The number of sulfone groups is 1. The number of nitrogens with one attached hydrogen (secondary N) is 2. The summed E-state index contributed by atoms with van der Waals surface area (Å²) >= 11 is 0. The first-order chi connectivity index (χ1) is 16.1. The van der Waals surface area contributed by atoms with Gasteiger partial charge in [0.25, 0.3) is 0 Å². The van der Waals surface area contributed by atoms with E-state index in [9.17, 15) is 22.0 Å². The van der Waals surface area contributed by atoms with Crippen LogP contribution in [0.5, 0.6) is 0 Å². The number of alkyl halides is 2. The van der Waals surface area contributed by atoms with E-state index in [1.165, 1.54) is 0 Å². The number of carbonyl (C=O) groups is 1. The zero-order chi connectivity index (χ0) is 24.5. The third kappa shape index (κ3) is 5.91. The van der Waals surface area contributed by atoms with E-state index in [0.717, 1.165) is 44.9 Å². The number of nitrogens with two attached hydrogens (primary N) is 1. The molecule has 0 spiro atoms. The fourth-order valence-corrected chi connectivity index (χ4v) is 8.56. The molecule has 4 unspecified atom stereocenters. The van der Waals surface area contributed by atoms with Crippen LogP contribution in [0.25, 0.3) is 0 Å². The van der Waals surface area contributed by atoms with Gasteiger partial charge in [-0.1, -0.05) is 19.3 Å². The Hall–Kier alpha value is -1.29. The SMILES string of the molecule is N=C(N)C1CCC2CC(C(=O)NC3CCC(F)(F)CC3)N(CCS(=O)(=O)C3CCCCC3)C2C1. The third-order valence-corrected chi connectivity index (χ3v) is 11.0. The van der Waals surface area contributed by atoms with Crippen molar-refractivity contribution in [3.05, 3.63) is 0 Å². The molecule has 4 aliphatic rings. The Morgan fingerprint density at radius 1 is 1.03 bits per heavy atom. The summed E-state index contributed by atoms with van der Waals surface area (Å²) in [6.07, 6.45) is 7.52. The zero-order valence-electron chi connectivity index (χ0n) is 20.0. The van der Waals surface area contributed by atoms with E-state index >= 15 is 0 Å². The van der Waals surface area contributed by atoms with E-state index in [1.807, 2.05) is 4.90 Å². The molecule has 4 N–H and O–H groups in total. The Kier molecular flexibility index (Phi) is 7.86. The molecule has 1 amide bonds. The quantitative estimate of drug-likeness (QED) is 0.365. The number of halogens is 2. The average molecular weight is 503 g/mol. The van der Waals surface area contributed by atoms with Crippen molar-refractivity contribution >= 4 is 21.6 Å². The lowest BCUT2D eigenvalue weighted by atomic mass is 9.78. The van der Waals surface area contributed by atoms with E-state index in [4.69, 9.17) is 11.1 Å². The van der Waals surface area contributed by atoms with Crippen LogP contribution in [0.1, 0.15) is 83.5 Å². The molecule has 194 valence electrons. The number of amidine groups is 1. The lowest BCUT2D eigenvalue weighted by molar-refractivity contribution is -0.127. The van der Waals surface area contributed by atoms with Crippen LogP contribution in [0.3, 0.4) is 0 Å². The Labute approximate surface area is 202 Å². The molecule has 0 radical (unpaired) electrons. The largest absolute Gasteiger partial charge is 0.387 e. The van der Waals surface area contributed by atoms with Crippen molar-refractivity contribution in [2.75, 3.05) is 12.3 Å². The van der Waals surface area contributed by atoms with Crippen molar-refractivity contribution in [3.63, 3.8) is 0 Å². The second-order valence-electron chi connectivity index (χ2n) is 11.0. The number of hydrogen-bond acceptors (Lipinski definition) is 5. The molecule has 7 nitrogen and oxygen atoms in total. The van der Waals surface area contributed by atoms with Crippen molar-refractivity contribution in [2.24, 2.45) is 17.6 Å². The molecule has 4 fully saturated rings. The van der Waals surface area contributed by atoms with Gasteiger partial charge in [0, 0.05) is 37.4 Å². The van der Waals surface area contributed by atoms with Gasteiger partial charge < -0.3 is 11.1 Å². The Balaban J connectivity index is 1.45. The van der Waals surface area contributed by atoms with Gasteiger partial charge in [-0.25, -0.2) is 17.2 Å². The first-order valence-corrected chi connectivity index (χ1v) is 14.8. The van der Waals surface area contributed by atoms with Crippen LogP contribution in [0.15, 0.2) is 0 Å². The van der Waals surface area contributed by atoms with E-state index < -0.39 is 21.8 Å². The smallest absolute Gasteiger partial charge is 0.248 e. The molecule has 10 heteroatoms. The average Bonchev–Trinajstić information content (AvgIpc) is 3.17. The van der Waals surface area contributed by atoms with Crippen LogP contribution >= 0.6 is 0 Å². The molecule has 3 aliphatic carbocycles. The molecule has 0 aromatic heterocycles. The minimum atomic E-state index is -3.25. The summed E-state index contributed by atoms with van der Waals surface area (Å²) in [6, 6.07) is -0.687. The van der Waals surface area contributed by atoms with E-state index in [-0.39, 0.29) is 72.3 Å². The van der Waals surface area contributed by atoms with E-state index in [2.05, 4.69) is 5.32 Å². The maximum atomic E-state index is 13.5. The van der Waals surface area contributed by atoms with E-state index in [1.54, 1.807) is 0 Å². The number of hydrogen-bond donors (Lipinski definition) is 3. The summed E-state index contributed by atoms with van der Waals surface area (Å²) < 4.78 is 53.2. The number of likely N-dealkylation sites (tertiary alicyclic amines) is 1. The van der Waals surface area contributed by atoms with Crippen molar-refractivity contribution in [3.8, 4) is 0 Å². The fraction of sp³-hybridized carbons (Fsp3) is 0.917. The van der Waals surface area contributed by atoms with Crippen LogP contribution in [-0.4, -0.2) is 66.7 Å². The highest BCUT2D eigenvalue weighted by Crippen LogP contribution is 2.42. The molecule has 1 heterocycles. The van der Waals surface area contributed by atoms with Gasteiger partial charge in [0.1, 0.15) is 0 Å². The van der Waals surface area contributed by atoms with Gasteiger partial charge in [-0.15, -0.1) is 0 Å². The summed E-state index contributed by atoms with van der Waals surface area (Å²) in [6.45, 7) is 0.297. The maximum Gasteiger partial charge on any atom is 0.248 e. The van der Waals surface area contributed by atoms with Gasteiger partial charge >= 0.3 is 0 Å². The van der Waals surface area contributed by atoms with Gasteiger partial charge in [-0.2, -0.15) is 0 Å². The topological polar surface area (TPSA) is 116 Å². The van der Waals surface area contributed by atoms with Crippen LogP contribution in [-0.2, 0) is 14.6 Å². The van der Waals surface area contributed by atoms with Crippen LogP contribution < -0.4 is 11.1 Å². The predicted molar refractivity (Wildman–Crippen MR) is 128 cm³/mol. The molecular formula is C24H40F2N4O3S. The van der Waals surface area contributed by atoms with Gasteiger partial charge in [0.05, 0.1) is 22.9 Å². The van der Waals surface area contributed by atoms with Crippen LogP contribution in [0.4, 0.5) is 8.78 Å². The summed E-state index contributed by atoms with van der Waals surface area (Å²) in [5, 5.41) is 10.6. The monoisotopic (exact) mass is 502 g/mol. The number of carbonyl (C=O) groups excluding carboxylic acids is 1. The van der Waals surface area contributed by atoms with Crippen molar-refractivity contribution < 1.29 is 22.0 Å². The molecule has 1 aliphatic heterocycles. The third-order valence-electron chi connectivity index (χ3n) is 8.81. The highest BCUT2D eigenvalue weighted by atomic mass is 32.2. The van der Waals surface area contributed by atoms with Gasteiger partial charge in [-0.05, 0) is 57.3 Å². The van der Waals surface area contributed by atoms with Crippen molar-refractivity contribution in [1.82, 2.24) is 10.2 Å². The normalized spacial score (nSPS) is 33.4. The van der Waals surface area contributed by atoms with Crippen LogP contribution in [0.2, 0.25) is 0 Å². The lowest BCUT2D eigenvalue weighted by Gasteiger charge is -2.37. The minimum Gasteiger partial charge on any atom is -0.387 e. The maximum absolute atomic E-state index is 13.5. The molecule has 34 heavy (non-hydrogen) atoms. The summed E-state index contributed by atoms with van der Waals surface area (Å²) in [4.78, 5) is 15.4. The summed E-state index contributed by atoms with van der Waals surface area (Å²) in [7, 11) is -3.25. The van der Waals surface area contributed by atoms with Crippen LogP contribution in [0, 0.1) is 17.2 Å². The molecule has 0 aromatic carbocycles. The van der Waals surface area contributed by atoms with Crippen molar-refractivity contribution in [2.45, 2.75) is 113 Å². The van der Waals surface area contributed by atoms with Crippen molar-refractivity contribution in [1.29, 1.82) is 5.41 Å². The molecule has 0 bridgehead atoms. The number of amides is 1. The summed E-state index contributed by atoms with van der Waals surface area (Å²) in [5.74, 6) is -2.40. The Morgan fingerprint density at radius 2 is 1.71 bits per heavy atom. The standard InChI is InChI=1S/C24H40F2N4O3S/c25-24(26)10-8-18(9-11-24)29-23(31)21-14-16-6-7-17(22(27)28)15-20(16)30(21)12-13-34(32,33)19-4-2-1-3-5-19/h16-21H,1-15H2,(H3,27,28)(H,29,31). The molecular weight excluding hydrogens is 462 g/mol. The first-order valence-electron chi connectivity index (χ1n) is 13.1. The highest BCUT2D eigenvalue weighted by Gasteiger charge is 2.48. The fourth-order valence-electron chi connectivity index (χ4n) is 6.71. The van der Waals surface area contributed by atoms with Gasteiger partial charge in [0.2, 0.25) is 11.8 Å². The Morgan fingerprint density at radius 3 is 2.35 bits per heavy atom. The molecule has 0 aromatic rings. The zero-order valence-corrected chi connectivity index (χ0v) is 20.8. The number of rotatable bonds is 7. The van der Waals surface area contributed by atoms with Gasteiger partial charge in [-0.3, -0.25) is 15.1 Å². The predicted octanol–water partition coefficient (Wildman–Crippen LogP) is 3.22. The molecule has 4 atom stereocenters. The molecule has 3 saturated carbocycles. The Bertz CT molecular complexity index is 852. The van der Waals surface area contributed by atoms with E-state index in [0.29, 0.717) is 19.4 Å². The second kappa shape index (κ2) is 10.4. The first kappa shape index (κ1) is 25.8. The lowest BCUT2D eigenvalue weighted by Crippen LogP contribution is -2.52.